The Morgan fingerprint density at radius 1 is 1.30 bits per heavy atom. The molecule has 1 saturated heterocycles. The maximum Gasteiger partial charge on any atom is 0.418 e. The number of non-ortho nitro benzene ring substituents is 1. The highest BCUT2D eigenvalue weighted by molar-refractivity contribution is 5.91. The number of nitro benzene ring substituents is 1. The van der Waals surface area contributed by atoms with E-state index in [9.17, 15) is 32.9 Å². The van der Waals surface area contributed by atoms with Gasteiger partial charge in [0.05, 0.1) is 10.5 Å². The third-order valence-electron chi connectivity index (χ3n) is 5.02. The highest BCUT2D eigenvalue weighted by Gasteiger charge is 2.37. The lowest BCUT2D eigenvalue weighted by atomic mass is 10.0. The van der Waals surface area contributed by atoms with Gasteiger partial charge in [-0.2, -0.15) is 13.2 Å². The van der Waals surface area contributed by atoms with Crippen molar-refractivity contribution >= 4 is 23.4 Å². The van der Waals surface area contributed by atoms with Gasteiger partial charge in [-0.15, -0.1) is 0 Å². The van der Waals surface area contributed by atoms with Gasteiger partial charge in [0.25, 0.3) is 11.6 Å². The van der Waals surface area contributed by atoms with Crippen molar-refractivity contribution in [2.24, 2.45) is 0 Å². The predicted molar refractivity (Wildman–Crippen MR) is 107 cm³/mol. The summed E-state index contributed by atoms with van der Waals surface area (Å²) in [4.78, 5) is 34.9. The van der Waals surface area contributed by atoms with Crippen LogP contribution in [0.15, 0.2) is 28.8 Å². The first kappa shape index (κ1) is 23.8. The fraction of sp³-hybridized carbons (Fsp3) is 0.421. The number of piperidine rings is 1. The molecule has 1 aliphatic rings. The molecule has 0 saturated carbocycles. The van der Waals surface area contributed by atoms with Crippen LogP contribution in [0.5, 0.6) is 0 Å². The molecule has 0 atom stereocenters. The second-order valence-electron chi connectivity index (χ2n) is 7.20. The fourth-order valence-corrected chi connectivity index (χ4v) is 3.37. The van der Waals surface area contributed by atoms with Crippen LogP contribution in [0.25, 0.3) is 0 Å². The Balaban J connectivity index is 1.54. The lowest BCUT2D eigenvalue weighted by molar-refractivity contribution is -0.385. The van der Waals surface area contributed by atoms with Crippen molar-refractivity contribution in [3.8, 4) is 0 Å². The molecule has 1 fully saturated rings. The number of nitrogens with one attached hydrogen (secondary N) is 2. The molecule has 1 aromatic carbocycles. The first-order valence-electron chi connectivity index (χ1n) is 9.80. The van der Waals surface area contributed by atoms with E-state index in [0.29, 0.717) is 18.9 Å². The Bertz CT molecular complexity index is 1030. The molecule has 0 aliphatic carbocycles. The zero-order valence-corrected chi connectivity index (χ0v) is 17.3. The second kappa shape index (κ2) is 9.75. The minimum Gasteiger partial charge on any atom is -0.441 e. The molecule has 14 heteroatoms. The molecule has 2 aromatic rings. The van der Waals surface area contributed by atoms with Crippen molar-refractivity contribution in [1.82, 2.24) is 15.8 Å². The molecule has 2 N–H and O–H groups in total. The maximum atomic E-state index is 13.4. The molecule has 33 heavy (non-hydrogen) atoms. The second-order valence-corrected chi connectivity index (χ2v) is 7.20. The van der Waals surface area contributed by atoms with E-state index in [1.807, 2.05) is 0 Å². The van der Waals surface area contributed by atoms with Crippen molar-refractivity contribution in [3.05, 3.63) is 51.4 Å². The van der Waals surface area contributed by atoms with Crippen molar-refractivity contribution in [1.29, 1.82) is 0 Å². The van der Waals surface area contributed by atoms with Gasteiger partial charge in [0.2, 0.25) is 0 Å². The van der Waals surface area contributed by atoms with Crippen LogP contribution in [-0.4, -0.2) is 48.3 Å². The van der Waals surface area contributed by atoms with Crippen molar-refractivity contribution in [3.63, 3.8) is 0 Å². The van der Waals surface area contributed by atoms with Crippen LogP contribution >= 0.6 is 0 Å². The minimum atomic E-state index is -4.75. The number of hydrogen-bond donors (Lipinski definition) is 2. The Morgan fingerprint density at radius 2 is 2.00 bits per heavy atom. The third-order valence-corrected chi connectivity index (χ3v) is 5.02. The Hall–Kier alpha value is -3.84. The topological polar surface area (TPSA) is 140 Å². The number of amides is 2. The molecule has 0 bridgehead atoms. The lowest BCUT2D eigenvalue weighted by Crippen LogP contribution is -2.45. The normalized spacial score (nSPS) is 14.6. The van der Waals surface area contributed by atoms with E-state index in [2.05, 4.69) is 15.8 Å². The number of nitro groups is 1. The van der Waals surface area contributed by atoms with Gasteiger partial charge in [0.1, 0.15) is 0 Å². The summed E-state index contributed by atoms with van der Waals surface area (Å²) in [5, 5.41) is 19.4. The highest BCUT2D eigenvalue weighted by atomic mass is 19.4. The van der Waals surface area contributed by atoms with Gasteiger partial charge in [-0.05, 0) is 18.9 Å². The van der Waals surface area contributed by atoms with E-state index in [1.54, 1.807) is 0 Å². The number of alkyl halides is 3. The smallest absolute Gasteiger partial charge is 0.418 e. The molecular weight excluding hydrogens is 451 g/mol. The summed E-state index contributed by atoms with van der Waals surface area (Å²) < 4.78 is 50.2. The van der Waals surface area contributed by atoms with Crippen LogP contribution in [0, 0.1) is 10.1 Å². The highest BCUT2D eigenvalue weighted by Crippen LogP contribution is 2.39. The van der Waals surface area contributed by atoms with E-state index in [0.717, 1.165) is 12.1 Å². The number of rotatable bonds is 6. The van der Waals surface area contributed by atoms with E-state index in [-0.39, 0.29) is 42.9 Å². The van der Waals surface area contributed by atoms with Crippen LogP contribution in [0.4, 0.5) is 29.3 Å². The van der Waals surface area contributed by atoms with E-state index >= 15 is 0 Å². The van der Waals surface area contributed by atoms with Crippen LogP contribution in [0.2, 0.25) is 0 Å². The number of carbonyl (C=O) groups is 2. The van der Waals surface area contributed by atoms with Gasteiger partial charge in [0.15, 0.2) is 18.1 Å². The standard InChI is InChI=1S/C19H20F3N5O6/c1-23-17(28)15-9-13(33-25-15)10-32-18(29)24-11-4-6-26(7-5-11)16-3-2-12(27(30)31)8-14(16)19(20,21)22/h2-3,8-9,11H,4-7,10H2,1H3,(H,23,28)(H,24,29). The summed E-state index contributed by atoms with van der Waals surface area (Å²) in [7, 11) is 1.43. The first-order chi connectivity index (χ1) is 15.6. The van der Waals surface area contributed by atoms with E-state index in [1.165, 1.54) is 18.0 Å². The molecule has 1 aromatic heterocycles. The minimum absolute atomic E-state index is 0.0355. The molecule has 11 nitrogen and oxygen atoms in total. The molecule has 2 amide bonds. The van der Waals surface area contributed by atoms with Gasteiger partial charge in [-0.25, -0.2) is 4.79 Å². The van der Waals surface area contributed by atoms with Gasteiger partial charge in [0, 0.05) is 50.1 Å². The van der Waals surface area contributed by atoms with Crippen LogP contribution in [0.3, 0.4) is 0 Å². The van der Waals surface area contributed by atoms with Gasteiger partial charge < -0.3 is 24.8 Å². The van der Waals surface area contributed by atoms with Crippen LogP contribution < -0.4 is 15.5 Å². The molecular formula is C19H20F3N5O6. The van der Waals surface area contributed by atoms with Crippen molar-refractivity contribution in [2.75, 3.05) is 25.0 Å². The molecule has 0 unspecified atom stereocenters. The van der Waals surface area contributed by atoms with Crippen LogP contribution in [-0.2, 0) is 17.5 Å². The van der Waals surface area contributed by atoms with Crippen LogP contribution in [0.1, 0.15) is 34.7 Å². The third kappa shape index (κ3) is 5.90. The summed E-state index contributed by atoms with van der Waals surface area (Å²) in [6, 6.07) is 3.64. The number of halogens is 3. The Morgan fingerprint density at radius 3 is 2.61 bits per heavy atom. The average Bonchev–Trinajstić information content (AvgIpc) is 3.26. The number of hydrogen-bond acceptors (Lipinski definition) is 8. The summed E-state index contributed by atoms with van der Waals surface area (Å²) in [6.07, 6.45) is -4.82. The van der Waals surface area contributed by atoms with Gasteiger partial charge in [-0.1, -0.05) is 5.16 Å². The lowest BCUT2D eigenvalue weighted by Gasteiger charge is -2.35. The number of alkyl carbamates (subject to hydrolysis) is 1. The summed E-state index contributed by atoms with van der Waals surface area (Å²) in [5.74, 6) is -0.292. The van der Waals surface area contributed by atoms with Crippen molar-refractivity contribution < 1.29 is 36.9 Å². The number of nitrogens with zero attached hydrogens (tertiary/aromatic N) is 3. The predicted octanol–water partition coefficient (Wildman–Crippen LogP) is 2.86. The summed E-state index contributed by atoms with van der Waals surface area (Å²) in [5.41, 5.74) is -1.83. The first-order valence-corrected chi connectivity index (χ1v) is 9.80. The SMILES string of the molecule is CNC(=O)c1cc(COC(=O)NC2CCN(c3ccc([N+](=O)[O-])cc3C(F)(F)F)CC2)on1. The number of benzene rings is 1. The van der Waals surface area contributed by atoms with Gasteiger partial charge >= 0.3 is 12.3 Å². The van der Waals surface area contributed by atoms with Crippen molar-refractivity contribution in [2.45, 2.75) is 31.7 Å². The molecule has 0 spiro atoms. The molecule has 2 heterocycles. The van der Waals surface area contributed by atoms with E-state index < -0.39 is 34.4 Å². The molecule has 3 rings (SSSR count). The largest absolute Gasteiger partial charge is 0.441 e. The monoisotopic (exact) mass is 471 g/mol. The summed E-state index contributed by atoms with van der Waals surface area (Å²) >= 11 is 0. The number of anilines is 1. The fourth-order valence-electron chi connectivity index (χ4n) is 3.37. The van der Waals surface area contributed by atoms with E-state index in [4.69, 9.17) is 9.26 Å². The average molecular weight is 471 g/mol. The zero-order chi connectivity index (χ0) is 24.2. The number of ether oxygens (including phenoxy) is 1. The summed E-state index contributed by atoms with van der Waals surface area (Å²) in [6.45, 7) is 0.138. The Kier molecular flexibility index (Phi) is 7.04. The molecule has 1 aliphatic heterocycles. The number of carbonyl (C=O) groups excluding carboxylic acids is 2. The zero-order valence-electron chi connectivity index (χ0n) is 17.3. The molecule has 0 radical (unpaired) electrons. The van der Waals surface area contributed by atoms with Gasteiger partial charge in [-0.3, -0.25) is 14.9 Å². The molecule has 178 valence electrons. The Labute approximate surface area is 185 Å². The maximum absolute atomic E-state index is 13.4. The number of aromatic nitrogens is 1. The quantitative estimate of drug-likeness (QED) is 0.484.